The van der Waals surface area contributed by atoms with Crippen LogP contribution < -0.4 is 0 Å². The van der Waals surface area contributed by atoms with Gasteiger partial charge in [0.1, 0.15) is 17.2 Å². The van der Waals surface area contributed by atoms with Crippen molar-refractivity contribution in [1.29, 1.82) is 0 Å². The van der Waals surface area contributed by atoms with Gasteiger partial charge < -0.3 is 19.2 Å². The fourth-order valence-corrected chi connectivity index (χ4v) is 4.90. The molecule has 0 aliphatic rings. The van der Waals surface area contributed by atoms with Gasteiger partial charge in [0.2, 0.25) is 0 Å². The van der Waals surface area contributed by atoms with E-state index in [9.17, 15) is 19.8 Å². The van der Waals surface area contributed by atoms with Gasteiger partial charge in [-0.05, 0) is 50.5 Å². The number of H-pyrrole nitrogens is 1. The molecule has 37 heavy (non-hydrogen) atoms. The second kappa shape index (κ2) is 9.97. The van der Waals surface area contributed by atoms with Crippen molar-refractivity contribution in [3.63, 3.8) is 0 Å². The summed E-state index contributed by atoms with van der Waals surface area (Å²) >= 11 is 3.67. The summed E-state index contributed by atoms with van der Waals surface area (Å²) < 4.78 is 8.37. The van der Waals surface area contributed by atoms with E-state index in [0.29, 0.717) is 33.9 Å². The van der Waals surface area contributed by atoms with Crippen LogP contribution in [0, 0.1) is 0 Å². The zero-order chi connectivity index (χ0) is 26.1. The SMILES string of the molecule is CCCCc1nc(C(=O)O)c(C(=O)O)n1Cc1ccc2oc(-c3ccccc3-c3nnn[nH]3)c(Br)c2c1. The number of aromatic carboxylic acids is 2. The van der Waals surface area contributed by atoms with E-state index in [-0.39, 0.29) is 12.2 Å². The average molecular weight is 565 g/mol. The number of aryl methyl sites for hydroxylation is 1. The van der Waals surface area contributed by atoms with Gasteiger partial charge in [-0.3, -0.25) is 0 Å². The number of aromatic amines is 1. The molecule has 5 aromatic rings. The Balaban J connectivity index is 1.58. The third-order valence-corrected chi connectivity index (χ3v) is 6.80. The van der Waals surface area contributed by atoms with E-state index in [1.165, 1.54) is 4.57 Å². The van der Waals surface area contributed by atoms with E-state index in [2.05, 4.69) is 41.5 Å². The second-order valence-corrected chi connectivity index (χ2v) is 9.19. The predicted molar refractivity (Wildman–Crippen MR) is 136 cm³/mol. The lowest BCUT2D eigenvalue weighted by atomic mass is 10.0. The molecule has 0 radical (unpaired) electrons. The lowest BCUT2D eigenvalue weighted by Gasteiger charge is -2.10. The quantitative estimate of drug-likeness (QED) is 0.223. The Kier molecular flexibility index (Phi) is 6.57. The molecule has 2 aromatic carbocycles. The van der Waals surface area contributed by atoms with Crippen LogP contribution in [0.4, 0.5) is 0 Å². The number of rotatable bonds is 9. The van der Waals surface area contributed by atoms with E-state index >= 15 is 0 Å². The van der Waals surface area contributed by atoms with Gasteiger partial charge in [-0.1, -0.05) is 43.7 Å². The maximum atomic E-state index is 12.0. The Bertz CT molecular complexity index is 1620. The van der Waals surface area contributed by atoms with Crippen LogP contribution in [0.5, 0.6) is 0 Å². The molecule has 3 aromatic heterocycles. The number of furan rings is 1. The molecule has 0 saturated carbocycles. The standard InChI is InChI=1S/C25H21BrN6O5/c1-2-3-8-18-27-20(24(33)34)21(25(35)36)32(18)12-13-9-10-17-16(11-13)19(26)22(37-17)14-6-4-5-7-15(14)23-28-30-31-29-23/h4-7,9-11H,2-3,8,12H2,1H3,(H,33,34)(H,35,36)(H,28,29,30,31). The first-order valence-corrected chi connectivity index (χ1v) is 12.3. The molecule has 5 rings (SSSR count). The Morgan fingerprint density at radius 1 is 1.11 bits per heavy atom. The summed E-state index contributed by atoms with van der Waals surface area (Å²) in [5.41, 5.74) is 2.14. The van der Waals surface area contributed by atoms with E-state index in [4.69, 9.17) is 4.42 Å². The van der Waals surface area contributed by atoms with Gasteiger partial charge in [0, 0.05) is 29.5 Å². The molecule has 3 N–H and O–H groups in total. The molecule has 12 heteroatoms. The van der Waals surface area contributed by atoms with Crippen molar-refractivity contribution < 1.29 is 24.2 Å². The third kappa shape index (κ3) is 4.51. The highest BCUT2D eigenvalue weighted by molar-refractivity contribution is 9.10. The number of aromatic nitrogens is 6. The number of imidazole rings is 1. The molecular formula is C25H21BrN6O5. The lowest BCUT2D eigenvalue weighted by molar-refractivity contribution is 0.0640. The van der Waals surface area contributed by atoms with Gasteiger partial charge in [0.05, 0.1) is 4.47 Å². The largest absolute Gasteiger partial charge is 0.476 e. The highest BCUT2D eigenvalue weighted by Crippen LogP contribution is 2.41. The van der Waals surface area contributed by atoms with Crippen molar-refractivity contribution in [2.24, 2.45) is 0 Å². The van der Waals surface area contributed by atoms with Gasteiger partial charge >= 0.3 is 11.9 Å². The molecule has 0 atom stereocenters. The van der Waals surface area contributed by atoms with Gasteiger partial charge in [-0.25, -0.2) is 19.7 Å². The van der Waals surface area contributed by atoms with E-state index < -0.39 is 17.6 Å². The monoisotopic (exact) mass is 564 g/mol. The minimum Gasteiger partial charge on any atom is -0.476 e. The van der Waals surface area contributed by atoms with Crippen LogP contribution in [0.3, 0.4) is 0 Å². The number of unbranched alkanes of at least 4 members (excludes halogenated alkanes) is 1. The summed E-state index contributed by atoms with van der Waals surface area (Å²) in [7, 11) is 0. The molecule has 0 amide bonds. The topological polar surface area (TPSA) is 160 Å². The zero-order valence-electron chi connectivity index (χ0n) is 19.6. The van der Waals surface area contributed by atoms with Crippen LogP contribution >= 0.6 is 15.9 Å². The first kappa shape index (κ1) is 24.4. The van der Waals surface area contributed by atoms with Crippen molar-refractivity contribution in [3.05, 3.63) is 69.7 Å². The number of fused-ring (bicyclic) bond motifs is 1. The lowest BCUT2D eigenvalue weighted by Crippen LogP contribution is -2.15. The highest BCUT2D eigenvalue weighted by Gasteiger charge is 2.27. The van der Waals surface area contributed by atoms with Gasteiger partial charge in [-0.2, -0.15) is 0 Å². The number of hydrogen-bond acceptors (Lipinski definition) is 7. The minimum atomic E-state index is -1.37. The fraction of sp³-hybridized carbons (Fsp3) is 0.200. The Hall–Kier alpha value is -4.32. The number of benzene rings is 2. The molecule has 0 bridgehead atoms. The van der Waals surface area contributed by atoms with Crippen molar-refractivity contribution in [3.8, 4) is 22.7 Å². The predicted octanol–water partition coefficient (Wildman–Crippen LogP) is 5.03. The van der Waals surface area contributed by atoms with Crippen LogP contribution in [0.2, 0.25) is 0 Å². The van der Waals surface area contributed by atoms with E-state index in [1.807, 2.05) is 43.3 Å². The average Bonchev–Trinajstić information content (AvgIpc) is 3.61. The molecular weight excluding hydrogens is 544 g/mol. The molecule has 3 heterocycles. The van der Waals surface area contributed by atoms with Crippen molar-refractivity contribution in [2.75, 3.05) is 0 Å². The molecule has 0 spiro atoms. The molecule has 0 unspecified atom stereocenters. The molecule has 188 valence electrons. The van der Waals surface area contributed by atoms with Gasteiger partial charge in [0.25, 0.3) is 0 Å². The number of nitrogens with one attached hydrogen (secondary N) is 1. The first-order valence-electron chi connectivity index (χ1n) is 11.5. The number of hydrogen-bond donors (Lipinski definition) is 3. The smallest absolute Gasteiger partial charge is 0.357 e. The van der Waals surface area contributed by atoms with Crippen molar-refractivity contribution in [1.82, 2.24) is 30.2 Å². The Labute approximate surface area is 218 Å². The first-order chi connectivity index (χ1) is 17.9. The summed E-state index contributed by atoms with van der Waals surface area (Å²) in [4.78, 5) is 27.9. The van der Waals surface area contributed by atoms with Crippen molar-refractivity contribution >= 4 is 38.8 Å². The minimum absolute atomic E-state index is 0.143. The normalized spacial score (nSPS) is 11.3. The zero-order valence-corrected chi connectivity index (χ0v) is 21.2. The number of tetrazole rings is 1. The molecule has 0 fully saturated rings. The maximum Gasteiger partial charge on any atom is 0.357 e. The van der Waals surface area contributed by atoms with Crippen LogP contribution in [-0.2, 0) is 13.0 Å². The number of carboxylic acid groups (broad SMARTS) is 2. The van der Waals surface area contributed by atoms with Crippen LogP contribution in [-0.4, -0.2) is 52.3 Å². The van der Waals surface area contributed by atoms with Crippen LogP contribution in [0.25, 0.3) is 33.7 Å². The summed E-state index contributed by atoms with van der Waals surface area (Å²) in [6.07, 6.45) is 2.09. The Morgan fingerprint density at radius 2 is 1.89 bits per heavy atom. The van der Waals surface area contributed by atoms with Crippen LogP contribution in [0.15, 0.2) is 51.4 Å². The van der Waals surface area contributed by atoms with Gasteiger partial charge in [0.15, 0.2) is 17.2 Å². The molecule has 0 aliphatic heterocycles. The van der Waals surface area contributed by atoms with Gasteiger partial charge in [-0.15, -0.1) is 5.10 Å². The van der Waals surface area contributed by atoms with E-state index in [1.54, 1.807) is 6.07 Å². The number of halogens is 1. The summed E-state index contributed by atoms with van der Waals surface area (Å²) in [6.45, 7) is 2.15. The number of nitrogens with zero attached hydrogens (tertiary/aromatic N) is 5. The molecule has 0 aliphatic carbocycles. The molecule has 0 saturated heterocycles. The summed E-state index contributed by atoms with van der Waals surface area (Å²) in [5.74, 6) is -1.19. The van der Waals surface area contributed by atoms with E-state index in [0.717, 1.165) is 34.9 Å². The van der Waals surface area contributed by atoms with Crippen molar-refractivity contribution in [2.45, 2.75) is 32.7 Å². The fourth-order valence-electron chi connectivity index (χ4n) is 4.29. The second-order valence-electron chi connectivity index (χ2n) is 8.40. The third-order valence-electron chi connectivity index (χ3n) is 6.01. The highest BCUT2D eigenvalue weighted by atomic mass is 79.9. The molecule has 11 nitrogen and oxygen atoms in total. The number of carboxylic acids is 2. The number of carbonyl (C=O) groups is 2. The van der Waals surface area contributed by atoms with Crippen LogP contribution in [0.1, 0.15) is 52.1 Å². The Morgan fingerprint density at radius 3 is 2.57 bits per heavy atom. The summed E-state index contributed by atoms with van der Waals surface area (Å²) in [6, 6.07) is 13.1. The summed E-state index contributed by atoms with van der Waals surface area (Å²) in [5, 5.41) is 34.2. The maximum absolute atomic E-state index is 12.0.